The molecular formula is C28H21BrO8. The van der Waals surface area contributed by atoms with Crippen LogP contribution < -0.4 is 29.8 Å². The van der Waals surface area contributed by atoms with Crippen molar-refractivity contribution in [1.29, 1.82) is 0 Å². The van der Waals surface area contributed by atoms with E-state index in [9.17, 15) is 19.8 Å². The number of methoxy groups -OCH3 is 4. The number of hydrogen-bond acceptors (Lipinski definition) is 8. The summed E-state index contributed by atoms with van der Waals surface area (Å²) < 4.78 is 22.8. The van der Waals surface area contributed by atoms with Crippen molar-refractivity contribution in [2.24, 2.45) is 0 Å². The Morgan fingerprint density at radius 1 is 0.730 bits per heavy atom. The van der Waals surface area contributed by atoms with E-state index in [1.165, 1.54) is 34.5 Å². The first-order valence-corrected chi connectivity index (χ1v) is 12.1. The molecule has 2 N–H and O–H groups in total. The molecule has 0 fully saturated rings. The lowest BCUT2D eigenvalue weighted by atomic mass is 9.84. The molecule has 0 aromatic heterocycles. The van der Waals surface area contributed by atoms with Gasteiger partial charge >= 0.3 is 0 Å². The molecule has 37 heavy (non-hydrogen) atoms. The zero-order chi connectivity index (χ0) is 26.5. The van der Waals surface area contributed by atoms with Crippen LogP contribution >= 0.6 is 15.9 Å². The minimum Gasteiger partial charge on any atom is -0.504 e. The topological polar surface area (TPSA) is 112 Å². The molecule has 0 saturated carbocycles. The van der Waals surface area contributed by atoms with Gasteiger partial charge in [0.1, 0.15) is 16.0 Å². The Bertz CT molecular complexity index is 1980. The second-order valence-corrected chi connectivity index (χ2v) is 9.87. The number of aromatic hydroxyl groups is 2. The molecule has 0 heterocycles. The lowest BCUT2D eigenvalue weighted by Crippen LogP contribution is -2.11. The summed E-state index contributed by atoms with van der Waals surface area (Å²) >= 11 is 3.37. The van der Waals surface area contributed by atoms with Crippen LogP contribution in [0, 0.1) is 0 Å². The summed E-state index contributed by atoms with van der Waals surface area (Å²) in [4.78, 5) is 27.0. The Hall–Kier alpha value is -3.98. The number of halogens is 1. The highest BCUT2D eigenvalue weighted by molar-refractivity contribution is 9.10. The molecule has 9 heteroatoms. The number of hydrogen-bond donors (Lipinski definition) is 2. The van der Waals surface area contributed by atoms with Crippen molar-refractivity contribution in [3.63, 3.8) is 0 Å². The third-order valence-electron chi connectivity index (χ3n) is 7.28. The maximum absolute atomic E-state index is 13.6. The van der Waals surface area contributed by atoms with Gasteiger partial charge in [0.25, 0.3) is 0 Å². The van der Waals surface area contributed by atoms with Gasteiger partial charge in [-0.15, -0.1) is 0 Å². The molecule has 0 saturated heterocycles. The lowest BCUT2D eigenvalue weighted by molar-refractivity contribution is 0.373. The average molecular weight is 565 g/mol. The second kappa shape index (κ2) is 7.76. The first kappa shape index (κ1) is 23.4. The quantitative estimate of drug-likeness (QED) is 0.230. The Balaban J connectivity index is 2.21. The number of phenolic OH excluding ortho intramolecular Hbond substituents is 2. The lowest BCUT2D eigenvalue weighted by Gasteiger charge is -2.24. The molecule has 5 aromatic rings. The van der Waals surface area contributed by atoms with Crippen LogP contribution in [0.5, 0.6) is 34.5 Å². The predicted octanol–water partition coefficient (Wildman–Crippen LogP) is 5.06. The van der Waals surface area contributed by atoms with E-state index in [1.807, 2.05) is 13.0 Å². The van der Waals surface area contributed by atoms with Crippen LogP contribution in [0.1, 0.15) is 18.1 Å². The van der Waals surface area contributed by atoms with Crippen molar-refractivity contribution in [3.05, 3.63) is 47.7 Å². The summed E-state index contributed by atoms with van der Waals surface area (Å²) in [6, 6.07) is 1.29. The average Bonchev–Trinajstić information content (AvgIpc) is 3.02. The molecule has 5 aromatic carbocycles. The van der Waals surface area contributed by atoms with Crippen molar-refractivity contribution < 1.29 is 29.2 Å². The summed E-state index contributed by atoms with van der Waals surface area (Å²) in [6.07, 6.45) is 2.25. The van der Waals surface area contributed by atoms with Crippen LogP contribution in [0.15, 0.2) is 25.7 Å². The molecule has 8 nitrogen and oxygen atoms in total. The molecule has 1 aliphatic rings. The van der Waals surface area contributed by atoms with E-state index < -0.39 is 10.9 Å². The van der Waals surface area contributed by atoms with Crippen LogP contribution in [-0.2, 0) is 6.42 Å². The first-order chi connectivity index (χ1) is 17.7. The van der Waals surface area contributed by atoms with Gasteiger partial charge in [-0.3, -0.25) is 9.59 Å². The molecule has 6 rings (SSSR count). The zero-order valence-electron chi connectivity index (χ0n) is 20.6. The monoisotopic (exact) mass is 564 g/mol. The largest absolute Gasteiger partial charge is 0.504 e. The molecule has 0 amide bonds. The Morgan fingerprint density at radius 2 is 1.35 bits per heavy atom. The second-order valence-electron chi connectivity index (χ2n) is 9.08. The summed E-state index contributed by atoms with van der Waals surface area (Å²) in [7, 11) is 5.74. The van der Waals surface area contributed by atoms with Gasteiger partial charge in [0.2, 0.25) is 5.43 Å². The van der Waals surface area contributed by atoms with E-state index in [1.54, 1.807) is 0 Å². The van der Waals surface area contributed by atoms with E-state index in [0.717, 1.165) is 5.57 Å². The molecule has 0 radical (unpaired) electrons. The normalized spacial score (nSPS) is 13.1. The summed E-state index contributed by atoms with van der Waals surface area (Å²) in [5.41, 5.74) is 1.14. The number of benzene rings is 5. The fraction of sp³-hybridized carbons (Fsp3) is 0.214. The van der Waals surface area contributed by atoms with Crippen LogP contribution in [0.3, 0.4) is 0 Å². The summed E-state index contributed by atoms with van der Waals surface area (Å²) in [5, 5.41) is 25.8. The number of rotatable bonds is 4. The molecule has 0 aliphatic heterocycles. The minimum absolute atomic E-state index is 0.0443. The molecule has 188 valence electrons. The molecule has 0 atom stereocenters. The molecular weight excluding hydrogens is 544 g/mol. The standard InChI is InChI=1S/C28H21BrO8/c1-9-6-10-14-15-11(7-9)27(36-4)25(33)21-19(15)20(28(37-5)22(29)23(21)31)17-13(34-2)8-12(30)16(18(14)17)24(32)26(10)35-3/h6,8,32-33H,7H2,1-5H3. The van der Waals surface area contributed by atoms with Crippen molar-refractivity contribution in [2.45, 2.75) is 13.3 Å². The van der Waals surface area contributed by atoms with Gasteiger partial charge in [0, 0.05) is 44.1 Å². The van der Waals surface area contributed by atoms with Crippen molar-refractivity contribution >= 4 is 65.1 Å². The highest BCUT2D eigenvalue weighted by Crippen LogP contribution is 2.57. The third kappa shape index (κ3) is 2.67. The Kier molecular flexibility index (Phi) is 4.91. The van der Waals surface area contributed by atoms with Crippen LogP contribution in [0.25, 0.3) is 49.2 Å². The highest BCUT2D eigenvalue weighted by Gasteiger charge is 2.34. The van der Waals surface area contributed by atoms with Crippen molar-refractivity contribution in [3.8, 4) is 34.5 Å². The fourth-order valence-corrected chi connectivity index (χ4v) is 6.52. The SMILES string of the molecule is COc1c(O)c2c(=O)cc(OC)c3c4c(OC)c(Br)c(=O)c5c(O)c(OC)c6c(c(c1C=C(C)C6)c23)c54. The van der Waals surface area contributed by atoms with Gasteiger partial charge in [-0.2, -0.15) is 0 Å². The number of allylic oxidation sites excluding steroid dienone is 1. The van der Waals surface area contributed by atoms with Crippen LogP contribution in [-0.4, -0.2) is 38.7 Å². The van der Waals surface area contributed by atoms with Gasteiger partial charge in [-0.1, -0.05) is 11.6 Å². The van der Waals surface area contributed by atoms with Gasteiger partial charge in [-0.05, 0) is 34.7 Å². The summed E-state index contributed by atoms with van der Waals surface area (Å²) in [5.74, 6) is 0.185. The van der Waals surface area contributed by atoms with Crippen molar-refractivity contribution in [2.75, 3.05) is 28.4 Å². The van der Waals surface area contributed by atoms with Crippen LogP contribution in [0.2, 0.25) is 0 Å². The van der Waals surface area contributed by atoms with E-state index >= 15 is 0 Å². The maximum atomic E-state index is 13.6. The maximum Gasteiger partial charge on any atom is 0.208 e. The van der Waals surface area contributed by atoms with Crippen molar-refractivity contribution in [1.82, 2.24) is 0 Å². The number of phenols is 2. The molecule has 0 unspecified atom stereocenters. The molecule has 0 spiro atoms. The predicted molar refractivity (Wildman–Crippen MR) is 146 cm³/mol. The van der Waals surface area contributed by atoms with E-state index in [4.69, 9.17) is 18.9 Å². The molecule has 0 bridgehead atoms. The van der Waals surface area contributed by atoms with Gasteiger partial charge < -0.3 is 29.2 Å². The number of fused-ring (bicyclic) bond motifs is 1. The van der Waals surface area contributed by atoms with E-state index in [2.05, 4.69) is 15.9 Å². The first-order valence-electron chi connectivity index (χ1n) is 11.4. The minimum atomic E-state index is -0.477. The zero-order valence-corrected chi connectivity index (χ0v) is 22.2. The van der Waals surface area contributed by atoms with Gasteiger partial charge in [0.05, 0.1) is 39.2 Å². The highest BCUT2D eigenvalue weighted by atomic mass is 79.9. The Labute approximate surface area is 218 Å². The van der Waals surface area contributed by atoms with Crippen LogP contribution in [0.4, 0.5) is 0 Å². The molecule has 1 aliphatic carbocycles. The fourth-order valence-electron chi connectivity index (χ4n) is 5.96. The number of ether oxygens (including phenoxy) is 4. The van der Waals surface area contributed by atoms with Gasteiger partial charge in [-0.25, -0.2) is 0 Å². The summed E-state index contributed by atoms with van der Waals surface area (Å²) in [6.45, 7) is 1.91. The third-order valence-corrected chi connectivity index (χ3v) is 8.00. The van der Waals surface area contributed by atoms with Gasteiger partial charge in [0.15, 0.2) is 28.4 Å². The smallest absolute Gasteiger partial charge is 0.208 e. The van der Waals surface area contributed by atoms with E-state index in [-0.39, 0.29) is 49.7 Å². The Morgan fingerprint density at radius 3 is 1.97 bits per heavy atom. The van der Waals surface area contributed by atoms with E-state index in [0.29, 0.717) is 49.9 Å².